The van der Waals surface area contributed by atoms with E-state index in [9.17, 15) is 4.79 Å². The molecule has 0 atom stereocenters. The number of hydrogen-bond donors (Lipinski definition) is 0. The van der Waals surface area contributed by atoms with E-state index in [4.69, 9.17) is 12.3 Å². The van der Waals surface area contributed by atoms with Crippen LogP contribution in [0.25, 0.3) is 16.9 Å². The Balaban J connectivity index is 2.37. The SMILES string of the molecule is [2H]c1c(C([2H])([2H])[2H])c([2H])n2c(CC(=O)N(C)C([2H])([2H])[2H])c(-c3ccc(C)cc3)nc2c1[2H]. The van der Waals surface area contributed by atoms with Crippen LogP contribution in [0.3, 0.4) is 0 Å². The Labute approximate surface area is 149 Å². The molecular formula is C19H21N3O. The molecule has 0 saturated carbocycles. The second-order valence-electron chi connectivity index (χ2n) is 5.30. The fraction of sp³-hybridized carbons (Fsp3) is 0.263. The number of imidazole rings is 1. The molecule has 1 amide bonds. The van der Waals surface area contributed by atoms with Crippen LogP contribution in [0.5, 0.6) is 0 Å². The summed E-state index contributed by atoms with van der Waals surface area (Å²) in [6.45, 7) is -3.66. The van der Waals surface area contributed by atoms with Crippen LogP contribution in [0.2, 0.25) is 0 Å². The van der Waals surface area contributed by atoms with Crippen molar-refractivity contribution in [1.29, 1.82) is 0 Å². The number of amides is 1. The van der Waals surface area contributed by atoms with E-state index in [1.54, 1.807) is 24.3 Å². The van der Waals surface area contributed by atoms with Crippen LogP contribution >= 0.6 is 0 Å². The minimum atomic E-state index is -2.84. The zero-order valence-electron chi connectivity index (χ0n) is 21.8. The summed E-state index contributed by atoms with van der Waals surface area (Å²) >= 11 is 0. The monoisotopic (exact) mass is 316 g/mol. The van der Waals surface area contributed by atoms with Gasteiger partial charge in [0.15, 0.2) is 0 Å². The molecule has 0 aliphatic rings. The first-order valence-electron chi connectivity index (χ1n) is 11.5. The quantitative estimate of drug-likeness (QED) is 0.744. The minimum absolute atomic E-state index is 0.0777. The predicted octanol–water partition coefficient (Wildman–Crippen LogP) is 3.25. The fourth-order valence-electron chi connectivity index (χ4n) is 2.28. The predicted molar refractivity (Wildman–Crippen MR) is 92.5 cm³/mol. The molecule has 0 unspecified atom stereocenters. The smallest absolute Gasteiger partial charge is 0.228 e. The minimum Gasteiger partial charge on any atom is -0.348 e. The van der Waals surface area contributed by atoms with Crippen LogP contribution in [0.1, 0.15) is 29.2 Å². The Morgan fingerprint density at radius 2 is 2.09 bits per heavy atom. The Morgan fingerprint density at radius 3 is 2.78 bits per heavy atom. The van der Waals surface area contributed by atoms with Crippen molar-refractivity contribution in [3.63, 3.8) is 0 Å². The van der Waals surface area contributed by atoms with Crippen LogP contribution in [-0.4, -0.2) is 34.2 Å². The molecule has 23 heavy (non-hydrogen) atoms. The van der Waals surface area contributed by atoms with Crippen molar-refractivity contribution in [3.05, 3.63) is 59.3 Å². The maximum absolute atomic E-state index is 12.8. The average Bonchev–Trinajstić information content (AvgIpc) is 3.04. The van der Waals surface area contributed by atoms with Gasteiger partial charge in [-0.2, -0.15) is 0 Å². The lowest BCUT2D eigenvalue weighted by Crippen LogP contribution is -2.24. The summed E-state index contributed by atoms with van der Waals surface area (Å²) in [7, 11) is 1.12. The largest absolute Gasteiger partial charge is 0.348 e. The van der Waals surface area contributed by atoms with E-state index in [2.05, 4.69) is 4.98 Å². The summed E-state index contributed by atoms with van der Waals surface area (Å²) in [4.78, 5) is 17.7. The van der Waals surface area contributed by atoms with Gasteiger partial charge in [0.1, 0.15) is 5.65 Å². The van der Waals surface area contributed by atoms with Gasteiger partial charge in [0.2, 0.25) is 5.91 Å². The molecule has 2 heterocycles. The molecule has 0 radical (unpaired) electrons. The number of pyridine rings is 1. The van der Waals surface area contributed by atoms with Gasteiger partial charge in [-0.1, -0.05) is 35.9 Å². The summed E-state index contributed by atoms with van der Waals surface area (Å²) in [5, 5.41) is 0. The lowest BCUT2D eigenvalue weighted by Gasteiger charge is -2.11. The van der Waals surface area contributed by atoms with Gasteiger partial charge in [-0.3, -0.25) is 4.79 Å². The van der Waals surface area contributed by atoms with Crippen molar-refractivity contribution in [2.75, 3.05) is 14.0 Å². The van der Waals surface area contributed by atoms with Gasteiger partial charge in [0, 0.05) is 34.0 Å². The van der Waals surface area contributed by atoms with Crippen LogP contribution in [0.15, 0.2) is 42.5 Å². The molecule has 0 N–H and O–H groups in total. The van der Waals surface area contributed by atoms with E-state index in [0.29, 0.717) is 10.5 Å². The van der Waals surface area contributed by atoms with E-state index in [0.717, 1.165) is 17.0 Å². The molecule has 0 bridgehead atoms. The van der Waals surface area contributed by atoms with Crippen LogP contribution in [-0.2, 0) is 11.2 Å². The van der Waals surface area contributed by atoms with Gasteiger partial charge >= 0.3 is 0 Å². The Hall–Kier alpha value is -2.62. The van der Waals surface area contributed by atoms with Gasteiger partial charge in [0.05, 0.1) is 21.9 Å². The summed E-state index contributed by atoms with van der Waals surface area (Å²) in [5.41, 5.74) is 0.996. The molecule has 0 spiro atoms. The number of nitrogens with zero attached hydrogens (tertiary/aromatic N) is 3. The normalized spacial score (nSPS) is 17.7. The number of aryl methyl sites for hydroxylation is 1. The van der Waals surface area contributed by atoms with Gasteiger partial charge < -0.3 is 9.30 Å². The summed E-state index contributed by atoms with van der Waals surface area (Å²) in [6, 6.07) is 5.90. The zero-order valence-corrected chi connectivity index (χ0v) is 12.8. The third-order valence-electron chi connectivity index (χ3n) is 3.51. The highest BCUT2D eigenvalue weighted by Gasteiger charge is 2.18. The van der Waals surface area contributed by atoms with E-state index in [1.165, 1.54) is 0 Å². The summed E-state index contributed by atoms with van der Waals surface area (Å²) < 4.78 is 71.5. The second-order valence-corrected chi connectivity index (χ2v) is 5.30. The average molecular weight is 316 g/mol. The maximum atomic E-state index is 12.8. The number of aromatic nitrogens is 2. The first-order valence-corrected chi connectivity index (χ1v) is 7.00. The molecule has 3 rings (SSSR count). The van der Waals surface area contributed by atoms with Crippen molar-refractivity contribution >= 4 is 11.6 Å². The fourth-order valence-corrected chi connectivity index (χ4v) is 2.28. The zero-order chi connectivity index (χ0) is 24.2. The standard InChI is InChI=1S/C19H21N3O/c1-13-5-8-15(9-6-13)19-16(11-18(23)21(3)4)22-12-14(2)7-10-17(22)20-19/h5-10,12H,11H2,1-4H3/i2D3,3D3,7D,10D,12D. The highest BCUT2D eigenvalue weighted by Crippen LogP contribution is 2.26. The highest BCUT2D eigenvalue weighted by molar-refractivity contribution is 5.81. The second kappa shape index (κ2) is 5.88. The van der Waals surface area contributed by atoms with Crippen LogP contribution in [0.4, 0.5) is 0 Å². The molecule has 0 saturated heterocycles. The first kappa shape index (κ1) is 7.77. The summed E-state index contributed by atoms with van der Waals surface area (Å²) in [5.74, 6) is -0.795. The number of benzene rings is 1. The molecule has 3 aromatic rings. The van der Waals surface area contributed by atoms with E-state index in [-0.39, 0.29) is 17.0 Å². The Kier molecular flexibility index (Phi) is 1.99. The molecule has 118 valence electrons. The van der Waals surface area contributed by atoms with E-state index < -0.39 is 50.0 Å². The van der Waals surface area contributed by atoms with Crippen molar-refractivity contribution < 1.29 is 17.1 Å². The molecule has 0 aliphatic heterocycles. The number of carbonyl (C=O) groups is 1. The third-order valence-corrected chi connectivity index (χ3v) is 3.51. The Bertz CT molecular complexity index is 1190. The number of rotatable bonds is 3. The number of carbonyl (C=O) groups excluding carboxylic acids is 1. The summed E-state index contributed by atoms with van der Waals surface area (Å²) in [6.07, 6.45) is -1.09. The van der Waals surface area contributed by atoms with Crippen LogP contribution in [0, 0.1) is 13.8 Å². The highest BCUT2D eigenvalue weighted by atomic mass is 16.2. The Morgan fingerprint density at radius 1 is 1.30 bits per heavy atom. The molecule has 4 nitrogen and oxygen atoms in total. The first-order chi connectivity index (χ1) is 14.6. The molecule has 4 heteroatoms. The third kappa shape index (κ3) is 2.97. The molecule has 2 aromatic heterocycles. The number of likely N-dealkylation sites (N-methyl/N-ethyl adjacent to an activating group) is 1. The lowest BCUT2D eigenvalue weighted by atomic mass is 10.1. The van der Waals surface area contributed by atoms with Crippen molar-refractivity contribution in [2.24, 2.45) is 0 Å². The number of hydrogen-bond acceptors (Lipinski definition) is 2. The maximum Gasteiger partial charge on any atom is 0.228 e. The molecule has 0 fully saturated rings. The van der Waals surface area contributed by atoms with Crippen molar-refractivity contribution in [1.82, 2.24) is 14.3 Å². The van der Waals surface area contributed by atoms with Gasteiger partial charge in [-0.15, -0.1) is 0 Å². The van der Waals surface area contributed by atoms with Gasteiger partial charge in [-0.25, -0.2) is 4.98 Å². The van der Waals surface area contributed by atoms with Gasteiger partial charge in [-0.05, 0) is 25.4 Å². The molecule has 1 aromatic carbocycles. The van der Waals surface area contributed by atoms with Crippen LogP contribution < -0.4 is 0 Å². The van der Waals surface area contributed by atoms with Crippen molar-refractivity contribution in [3.8, 4) is 11.3 Å². The topological polar surface area (TPSA) is 37.6 Å². The van der Waals surface area contributed by atoms with E-state index >= 15 is 0 Å². The lowest BCUT2D eigenvalue weighted by molar-refractivity contribution is -0.128. The van der Waals surface area contributed by atoms with Crippen molar-refractivity contribution in [2.45, 2.75) is 20.2 Å². The van der Waals surface area contributed by atoms with Gasteiger partial charge in [0.25, 0.3) is 0 Å². The number of fused-ring (bicyclic) bond motifs is 1. The van der Waals surface area contributed by atoms with E-state index in [1.807, 2.05) is 6.92 Å². The molecule has 0 aliphatic carbocycles. The molecular weight excluding hydrogens is 286 g/mol.